The quantitative estimate of drug-likeness (QED) is 0.647. The largest absolute Gasteiger partial charge is 0.370 e. The summed E-state index contributed by atoms with van der Waals surface area (Å²) in [6, 6.07) is 2.05. The van der Waals surface area contributed by atoms with Crippen molar-refractivity contribution in [2.24, 2.45) is 5.92 Å². The van der Waals surface area contributed by atoms with Crippen LogP contribution in [0.3, 0.4) is 0 Å². The van der Waals surface area contributed by atoms with Gasteiger partial charge in [-0.15, -0.1) is 11.8 Å². The summed E-state index contributed by atoms with van der Waals surface area (Å²) in [5.74, 6) is 3.60. The van der Waals surface area contributed by atoms with Gasteiger partial charge in [0.2, 0.25) is 0 Å². The number of thioether (sulfide) groups is 1. The van der Waals surface area contributed by atoms with Crippen molar-refractivity contribution in [1.82, 2.24) is 9.97 Å². The van der Waals surface area contributed by atoms with Crippen LogP contribution in [0.15, 0.2) is 11.1 Å². The molecule has 0 unspecified atom stereocenters. The van der Waals surface area contributed by atoms with E-state index in [1.165, 1.54) is 0 Å². The second kappa shape index (κ2) is 6.41. The van der Waals surface area contributed by atoms with Crippen molar-refractivity contribution in [1.29, 1.82) is 0 Å². The molecule has 102 valence electrons. The Labute approximate surface area is 115 Å². The molecule has 1 N–H and O–H groups in total. The predicted molar refractivity (Wildman–Crippen MR) is 80.5 cm³/mol. The summed E-state index contributed by atoms with van der Waals surface area (Å²) >= 11 is 1.81. The van der Waals surface area contributed by atoms with Gasteiger partial charge in [0.1, 0.15) is 16.7 Å². The molecule has 1 aromatic rings. The number of aromatic nitrogens is 2. The van der Waals surface area contributed by atoms with E-state index in [-0.39, 0.29) is 5.41 Å². The Hall–Kier alpha value is -0.770. The summed E-state index contributed by atoms with van der Waals surface area (Å²) in [7, 11) is 0. The SMILES string of the molecule is CCNc1cc(SCC(C)C)nc(C(C)(C)C)n1. The number of anilines is 1. The van der Waals surface area contributed by atoms with Crippen LogP contribution in [0, 0.1) is 5.92 Å². The minimum absolute atomic E-state index is 0.0153. The van der Waals surface area contributed by atoms with Crippen molar-refractivity contribution in [3.05, 3.63) is 11.9 Å². The van der Waals surface area contributed by atoms with Crippen molar-refractivity contribution in [2.45, 2.75) is 52.0 Å². The van der Waals surface area contributed by atoms with E-state index < -0.39 is 0 Å². The van der Waals surface area contributed by atoms with Crippen LogP contribution in [-0.4, -0.2) is 22.3 Å². The zero-order valence-corrected chi connectivity index (χ0v) is 13.2. The zero-order chi connectivity index (χ0) is 13.8. The molecule has 0 saturated heterocycles. The van der Waals surface area contributed by atoms with E-state index in [0.717, 1.165) is 29.0 Å². The monoisotopic (exact) mass is 267 g/mol. The second-order valence-electron chi connectivity index (χ2n) is 5.90. The molecule has 4 heteroatoms. The summed E-state index contributed by atoms with van der Waals surface area (Å²) in [5, 5.41) is 4.35. The first-order chi connectivity index (χ1) is 8.32. The van der Waals surface area contributed by atoms with E-state index in [0.29, 0.717) is 5.92 Å². The van der Waals surface area contributed by atoms with Crippen molar-refractivity contribution in [3.8, 4) is 0 Å². The maximum Gasteiger partial charge on any atom is 0.137 e. The van der Waals surface area contributed by atoms with Gasteiger partial charge in [0.25, 0.3) is 0 Å². The fourth-order valence-electron chi connectivity index (χ4n) is 1.36. The fraction of sp³-hybridized carbons (Fsp3) is 0.714. The van der Waals surface area contributed by atoms with Gasteiger partial charge in [-0.05, 0) is 12.8 Å². The van der Waals surface area contributed by atoms with Gasteiger partial charge >= 0.3 is 0 Å². The first kappa shape index (κ1) is 15.3. The minimum atomic E-state index is -0.0153. The fourth-order valence-corrected chi connectivity index (χ4v) is 2.21. The maximum absolute atomic E-state index is 4.67. The van der Waals surface area contributed by atoms with E-state index in [1.807, 2.05) is 17.8 Å². The van der Waals surface area contributed by atoms with E-state index in [9.17, 15) is 0 Å². The highest BCUT2D eigenvalue weighted by molar-refractivity contribution is 7.99. The first-order valence-corrected chi connectivity index (χ1v) is 7.57. The summed E-state index contributed by atoms with van der Waals surface area (Å²) in [6.07, 6.45) is 0. The molecule has 1 rings (SSSR count). The molecular formula is C14H25N3S. The number of nitrogens with zero attached hydrogens (tertiary/aromatic N) is 2. The van der Waals surface area contributed by atoms with E-state index >= 15 is 0 Å². The van der Waals surface area contributed by atoms with Gasteiger partial charge in [0.15, 0.2) is 0 Å². The Balaban J connectivity index is 2.98. The van der Waals surface area contributed by atoms with E-state index in [2.05, 4.69) is 56.8 Å². The minimum Gasteiger partial charge on any atom is -0.370 e. The van der Waals surface area contributed by atoms with Crippen LogP contribution in [0.4, 0.5) is 5.82 Å². The third-order valence-electron chi connectivity index (χ3n) is 2.30. The molecule has 0 amide bonds. The third-order valence-corrected chi connectivity index (χ3v) is 3.63. The lowest BCUT2D eigenvalue weighted by Gasteiger charge is -2.18. The summed E-state index contributed by atoms with van der Waals surface area (Å²) in [6.45, 7) is 13.9. The normalized spacial score (nSPS) is 11.9. The number of rotatable bonds is 5. The Bertz CT molecular complexity index is 383. The molecule has 0 spiro atoms. The van der Waals surface area contributed by atoms with Crippen molar-refractivity contribution >= 4 is 17.6 Å². The molecule has 3 nitrogen and oxygen atoms in total. The molecule has 1 heterocycles. The first-order valence-electron chi connectivity index (χ1n) is 6.59. The molecule has 0 fully saturated rings. The molecule has 1 aromatic heterocycles. The highest BCUT2D eigenvalue weighted by atomic mass is 32.2. The summed E-state index contributed by atoms with van der Waals surface area (Å²) in [4.78, 5) is 9.26. The Morgan fingerprint density at radius 1 is 1.28 bits per heavy atom. The summed E-state index contributed by atoms with van der Waals surface area (Å²) in [5.41, 5.74) is -0.0153. The highest BCUT2D eigenvalue weighted by Gasteiger charge is 2.19. The summed E-state index contributed by atoms with van der Waals surface area (Å²) < 4.78 is 0. The van der Waals surface area contributed by atoms with Gasteiger partial charge in [-0.2, -0.15) is 0 Å². The molecule has 0 aliphatic carbocycles. The average Bonchev–Trinajstić information content (AvgIpc) is 2.25. The van der Waals surface area contributed by atoms with Crippen LogP contribution in [0.25, 0.3) is 0 Å². The lowest BCUT2D eigenvalue weighted by Crippen LogP contribution is -2.17. The van der Waals surface area contributed by atoms with Crippen LogP contribution in [-0.2, 0) is 5.41 Å². The molecule has 0 bridgehead atoms. The van der Waals surface area contributed by atoms with Crippen LogP contribution in [0.5, 0.6) is 0 Å². The topological polar surface area (TPSA) is 37.8 Å². The third kappa shape index (κ3) is 4.84. The smallest absolute Gasteiger partial charge is 0.137 e. The van der Waals surface area contributed by atoms with Crippen LogP contribution < -0.4 is 5.32 Å². The van der Waals surface area contributed by atoms with Crippen LogP contribution in [0.1, 0.15) is 47.4 Å². The lowest BCUT2D eigenvalue weighted by molar-refractivity contribution is 0.539. The number of hydrogen-bond acceptors (Lipinski definition) is 4. The molecule has 0 aromatic carbocycles. The molecule has 0 aliphatic heterocycles. The highest BCUT2D eigenvalue weighted by Crippen LogP contribution is 2.25. The molecule has 0 aliphatic rings. The van der Waals surface area contributed by atoms with Crippen LogP contribution >= 0.6 is 11.8 Å². The van der Waals surface area contributed by atoms with Crippen molar-refractivity contribution in [3.63, 3.8) is 0 Å². The molecular weight excluding hydrogens is 242 g/mol. The Morgan fingerprint density at radius 2 is 1.94 bits per heavy atom. The zero-order valence-electron chi connectivity index (χ0n) is 12.4. The standard InChI is InChI=1S/C14H25N3S/c1-7-15-11-8-12(18-9-10(2)3)17-13(16-11)14(4,5)6/h8,10H,7,9H2,1-6H3,(H,15,16,17). The van der Waals surface area contributed by atoms with E-state index in [4.69, 9.17) is 0 Å². The van der Waals surface area contributed by atoms with Gasteiger partial charge in [-0.1, -0.05) is 34.6 Å². The second-order valence-corrected chi connectivity index (χ2v) is 6.94. The number of hydrogen-bond donors (Lipinski definition) is 1. The Kier molecular flexibility index (Phi) is 5.45. The van der Waals surface area contributed by atoms with Crippen molar-refractivity contribution < 1.29 is 0 Å². The van der Waals surface area contributed by atoms with Gasteiger partial charge in [0.05, 0.1) is 0 Å². The lowest BCUT2D eigenvalue weighted by atomic mass is 9.96. The average molecular weight is 267 g/mol. The molecule has 0 radical (unpaired) electrons. The molecule has 0 atom stereocenters. The van der Waals surface area contributed by atoms with Gasteiger partial charge in [-0.25, -0.2) is 9.97 Å². The van der Waals surface area contributed by atoms with Gasteiger partial charge < -0.3 is 5.32 Å². The molecule has 0 saturated carbocycles. The number of nitrogens with one attached hydrogen (secondary N) is 1. The molecule has 18 heavy (non-hydrogen) atoms. The van der Waals surface area contributed by atoms with Crippen molar-refractivity contribution in [2.75, 3.05) is 17.6 Å². The van der Waals surface area contributed by atoms with Gasteiger partial charge in [-0.3, -0.25) is 0 Å². The maximum atomic E-state index is 4.67. The van der Waals surface area contributed by atoms with Gasteiger partial charge in [0, 0.05) is 23.8 Å². The van der Waals surface area contributed by atoms with E-state index in [1.54, 1.807) is 0 Å². The Morgan fingerprint density at radius 3 is 2.44 bits per heavy atom. The van der Waals surface area contributed by atoms with Crippen LogP contribution in [0.2, 0.25) is 0 Å². The predicted octanol–water partition coefficient (Wildman–Crippen LogP) is 3.95.